The average molecular weight is 353 g/mol. The predicted molar refractivity (Wildman–Crippen MR) is 109 cm³/mol. The average Bonchev–Trinajstić information content (AvgIpc) is 2.68. The van der Waals surface area contributed by atoms with Gasteiger partial charge in [0.1, 0.15) is 5.75 Å². The first-order valence-electron chi connectivity index (χ1n) is 9.49. The molecule has 0 bridgehead atoms. The van der Waals surface area contributed by atoms with Gasteiger partial charge < -0.3 is 4.74 Å². The van der Waals surface area contributed by atoms with Crippen molar-refractivity contribution in [2.75, 3.05) is 35.3 Å². The predicted octanol–water partition coefficient (Wildman–Crippen LogP) is 4.48. The zero-order valence-electron chi connectivity index (χ0n) is 16.8. The summed E-state index contributed by atoms with van der Waals surface area (Å²) < 4.78 is 5.35. The van der Waals surface area contributed by atoms with Crippen molar-refractivity contribution < 1.29 is 4.74 Å². The first-order valence-corrected chi connectivity index (χ1v) is 9.49. The minimum absolute atomic E-state index is 0.0839. The molecule has 0 unspecified atom stereocenters. The van der Waals surface area contributed by atoms with Crippen LogP contribution in [0.2, 0.25) is 0 Å². The lowest BCUT2D eigenvalue weighted by Gasteiger charge is -2.52. The van der Waals surface area contributed by atoms with Crippen LogP contribution in [-0.2, 0) is 11.1 Å². The number of ether oxygens (including phenoxy) is 1. The molecule has 2 aromatic carbocycles. The lowest BCUT2D eigenvalue weighted by molar-refractivity contribution is 0.00863. The third-order valence-corrected chi connectivity index (χ3v) is 6.55. The fourth-order valence-electron chi connectivity index (χ4n) is 4.71. The van der Waals surface area contributed by atoms with Gasteiger partial charge in [0.25, 0.3) is 0 Å². The van der Waals surface area contributed by atoms with E-state index in [-0.39, 0.29) is 11.1 Å². The zero-order chi connectivity index (χ0) is 18.8. The van der Waals surface area contributed by atoms with Gasteiger partial charge in [0.05, 0.1) is 7.11 Å². The van der Waals surface area contributed by atoms with E-state index >= 15 is 0 Å². The molecule has 3 heteroatoms. The van der Waals surface area contributed by atoms with Crippen LogP contribution in [0.1, 0.15) is 36.8 Å². The fraction of sp³-hybridized carbons (Fsp3) is 0.478. The van der Waals surface area contributed by atoms with Gasteiger partial charge in [-0.25, -0.2) is 0 Å². The lowest BCUT2D eigenvalue weighted by atomic mass is 9.66. The number of benzene rings is 2. The molecule has 0 radical (unpaired) electrons. The molecule has 0 N–H and O–H groups in total. The molecule has 3 nitrogen and oxygen atoms in total. The summed E-state index contributed by atoms with van der Waals surface area (Å²) in [6.07, 6.45) is 4.57. The van der Waals surface area contributed by atoms with Gasteiger partial charge in [0, 0.05) is 11.1 Å². The van der Waals surface area contributed by atoms with Crippen molar-refractivity contribution in [1.82, 2.24) is 9.80 Å². The van der Waals surface area contributed by atoms with Gasteiger partial charge in [-0.2, -0.15) is 0 Å². The van der Waals surface area contributed by atoms with Crippen LogP contribution in [0.5, 0.6) is 5.75 Å². The lowest BCUT2D eigenvalue weighted by Crippen LogP contribution is -2.52. The van der Waals surface area contributed by atoms with Gasteiger partial charge in [-0.15, -0.1) is 0 Å². The summed E-state index contributed by atoms with van der Waals surface area (Å²) in [5.74, 6) is 0.922. The van der Waals surface area contributed by atoms with E-state index in [1.54, 1.807) is 7.11 Å². The Hall–Kier alpha value is -1.84. The summed E-state index contributed by atoms with van der Waals surface area (Å²) in [6, 6.07) is 19.7. The maximum absolute atomic E-state index is 5.35. The molecule has 140 valence electrons. The van der Waals surface area contributed by atoms with Gasteiger partial charge in [-0.1, -0.05) is 42.5 Å². The summed E-state index contributed by atoms with van der Waals surface area (Å²) in [6.45, 7) is 0. The molecule has 0 aromatic heterocycles. The minimum Gasteiger partial charge on any atom is -0.497 e. The number of nitrogens with zero attached hydrogens (tertiary/aromatic N) is 2. The van der Waals surface area contributed by atoms with Crippen LogP contribution in [0, 0.1) is 0 Å². The fourth-order valence-corrected chi connectivity index (χ4v) is 4.71. The largest absolute Gasteiger partial charge is 0.497 e. The van der Waals surface area contributed by atoms with Gasteiger partial charge in [-0.05, 0) is 77.1 Å². The summed E-state index contributed by atoms with van der Waals surface area (Å²) >= 11 is 0. The Bertz CT molecular complexity index is 699. The zero-order valence-corrected chi connectivity index (χ0v) is 16.8. The van der Waals surface area contributed by atoms with E-state index in [1.165, 1.54) is 11.1 Å². The molecular formula is C23H32N2O. The molecular weight excluding hydrogens is 320 g/mol. The standard InChI is InChI=1S/C23H32N2O/c1-24(2)22(19-9-7-6-8-10-19)15-17-23(18-16-22,25(3)4)20-11-13-21(26-5)14-12-20/h6-14H,15-18H2,1-5H3. The van der Waals surface area contributed by atoms with Crippen LogP contribution < -0.4 is 4.74 Å². The van der Waals surface area contributed by atoms with Crippen LogP contribution in [0.3, 0.4) is 0 Å². The summed E-state index contributed by atoms with van der Waals surface area (Å²) in [4.78, 5) is 4.84. The Morgan fingerprint density at radius 2 is 1.08 bits per heavy atom. The monoisotopic (exact) mass is 352 g/mol. The first-order chi connectivity index (χ1) is 12.4. The van der Waals surface area contributed by atoms with E-state index in [2.05, 4.69) is 92.6 Å². The molecule has 2 aromatic rings. The molecule has 26 heavy (non-hydrogen) atoms. The molecule has 0 aliphatic heterocycles. The molecule has 1 aliphatic rings. The summed E-state index contributed by atoms with van der Waals surface area (Å²) in [5, 5.41) is 0. The number of hydrogen-bond acceptors (Lipinski definition) is 3. The Labute approximate surface area is 158 Å². The first kappa shape index (κ1) is 18.9. The van der Waals surface area contributed by atoms with Crippen molar-refractivity contribution in [1.29, 1.82) is 0 Å². The number of rotatable bonds is 5. The maximum atomic E-state index is 5.35. The molecule has 0 spiro atoms. The van der Waals surface area contributed by atoms with E-state index in [0.29, 0.717) is 0 Å². The van der Waals surface area contributed by atoms with E-state index in [1.807, 2.05) is 0 Å². The molecule has 0 heterocycles. The third kappa shape index (κ3) is 3.15. The molecule has 0 saturated heterocycles. The highest BCUT2D eigenvalue weighted by atomic mass is 16.5. The van der Waals surface area contributed by atoms with Crippen LogP contribution >= 0.6 is 0 Å². The van der Waals surface area contributed by atoms with Crippen molar-refractivity contribution in [3.63, 3.8) is 0 Å². The van der Waals surface area contributed by atoms with E-state index < -0.39 is 0 Å². The second-order valence-corrected chi connectivity index (χ2v) is 7.95. The maximum Gasteiger partial charge on any atom is 0.118 e. The Morgan fingerprint density at radius 3 is 1.46 bits per heavy atom. The summed E-state index contributed by atoms with van der Waals surface area (Å²) in [7, 11) is 10.6. The Balaban J connectivity index is 1.93. The van der Waals surface area contributed by atoms with E-state index in [4.69, 9.17) is 4.74 Å². The Kier molecular flexibility index (Phi) is 5.40. The van der Waals surface area contributed by atoms with Crippen molar-refractivity contribution in [3.8, 4) is 5.75 Å². The SMILES string of the molecule is COc1ccc(C2(N(C)C)CCC(c3ccccc3)(N(C)C)CC2)cc1. The molecule has 0 amide bonds. The second-order valence-electron chi connectivity index (χ2n) is 7.95. The smallest absolute Gasteiger partial charge is 0.118 e. The van der Waals surface area contributed by atoms with E-state index in [0.717, 1.165) is 31.4 Å². The number of methoxy groups -OCH3 is 1. The minimum atomic E-state index is 0.0839. The van der Waals surface area contributed by atoms with Crippen LogP contribution in [0.25, 0.3) is 0 Å². The van der Waals surface area contributed by atoms with Gasteiger partial charge in [-0.3, -0.25) is 9.80 Å². The highest BCUT2D eigenvalue weighted by Gasteiger charge is 2.46. The summed E-state index contributed by atoms with van der Waals surface area (Å²) in [5.41, 5.74) is 3.03. The molecule has 3 rings (SSSR count). The normalized spacial score (nSPS) is 26.3. The van der Waals surface area contributed by atoms with Crippen LogP contribution in [0.15, 0.2) is 54.6 Å². The van der Waals surface area contributed by atoms with Gasteiger partial charge >= 0.3 is 0 Å². The van der Waals surface area contributed by atoms with Crippen molar-refractivity contribution >= 4 is 0 Å². The molecule has 1 aliphatic carbocycles. The molecule has 1 saturated carbocycles. The highest BCUT2D eigenvalue weighted by Crippen LogP contribution is 2.50. The number of hydrogen-bond donors (Lipinski definition) is 0. The van der Waals surface area contributed by atoms with Crippen molar-refractivity contribution in [2.45, 2.75) is 36.8 Å². The quantitative estimate of drug-likeness (QED) is 0.789. The van der Waals surface area contributed by atoms with Gasteiger partial charge in [0.2, 0.25) is 0 Å². The molecule has 0 atom stereocenters. The van der Waals surface area contributed by atoms with Crippen molar-refractivity contribution in [3.05, 3.63) is 65.7 Å². The highest BCUT2D eigenvalue weighted by molar-refractivity contribution is 5.34. The van der Waals surface area contributed by atoms with E-state index in [9.17, 15) is 0 Å². The topological polar surface area (TPSA) is 15.7 Å². The Morgan fingerprint density at radius 1 is 0.654 bits per heavy atom. The third-order valence-electron chi connectivity index (χ3n) is 6.55. The van der Waals surface area contributed by atoms with Crippen molar-refractivity contribution in [2.24, 2.45) is 0 Å². The second kappa shape index (κ2) is 7.42. The molecule has 1 fully saturated rings. The van der Waals surface area contributed by atoms with Gasteiger partial charge in [0.15, 0.2) is 0 Å². The van der Waals surface area contributed by atoms with Crippen LogP contribution in [0.4, 0.5) is 0 Å². The van der Waals surface area contributed by atoms with Crippen LogP contribution in [-0.4, -0.2) is 45.1 Å².